The van der Waals surface area contributed by atoms with Crippen molar-refractivity contribution in [2.45, 2.75) is 6.54 Å². The Kier molecular flexibility index (Phi) is 3.72. The molecule has 0 atom stereocenters. The zero-order valence-electron chi connectivity index (χ0n) is 12.5. The van der Waals surface area contributed by atoms with Gasteiger partial charge in [-0.15, -0.1) is 0 Å². The van der Waals surface area contributed by atoms with E-state index in [0.717, 1.165) is 5.56 Å². The summed E-state index contributed by atoms with van der Waals surface area (Å²) in [6.45, 7) is 0.614. The number of benzene rings is 1. The van der Waals surface area contributed by atoms with Crippen LogP contribution in [0, 0.1) is 0 Å². The average Bonchev–Trinajstić information content (AvgIpc) is 3.22. The van der Waals surface area contributed by atoms with Crippen molar-refractivity contribution in [3.63, 3.8) is 0 Å². The van der Waals surface area contributed by atoms with Gasteiger partial charge in [-0.05, 0) is 5.56 Å². The predicted molar refractivity (Wildman–Crippen MR) is 90.9 cm³/mol. The van der Waals surface area contributed by atoms with Gasteiger partial charge in [0.1, 0.15) is 0 Å². The average molecular weight is 336 g/mol. The first-order valence-electron chi connectivity index (χ1n) is 7.23. The van der Waals surface area contributed by atoms with Gasteiger partial charge in [0, 0.05) is 18.6 Å². The fraction of sp³-hybridized carbons (Fsp3) is 0.0625. The van der Waals surface area contributed by atoms with Gasteiger partial charge in [-0.2, -0.15) is 10.1 Å². The second-order valence-corrected chi connectivity index (χ2v) is 6.05. The van der Waals surface area contributed by atoms with Crippen molar-refractivity contribution in [2.24, 2.45) is 0 Å². The van der Waals surface area contributed by atoms with Gasteiger partial charge in [0.05, 0.1) is 18.3 Å². The normalized spacial score (nSPS) is 10.8. The summed E-state index contributed by atoms with van der Waals surface area (Å²) in [5.41, 5.74) is 2.12. The molecule has 8 heteroatoms. The molecule has 1 aromatic carbocycles. The van der Waals surface area contributed by atoms with Gasteiger partial charge in [-0.1, -0.05) is 41.7 Å². The molecule has 118 valence electrons. The summed E-state index contributed by atoms with van der Waals surface area (Å²) in [4.78, 5) is 25.5. The topological polar surface area (TPSA) is 85.6 Å². The Labute approximate surface area is 141 Å². The number of rotatable bonds is 4. The molecule has 0 aliphatic rings. The Balaban J connectivity index is 1.48. The predicted octanol–water partition coefficient (Wildman–Crippen LogP) is 2.58. The minimum absolute atomic E-state index is 0.256. The molecule has 0 fully saturated rings. The summed E-state index contributed by atoms with van der Waals surface area (Å²) in [6.07, 6.45) is 6.43. The maximum Gasteiger partial charge on any atom is 0.260 e. The summed E-state index contributed by atoms with van der Waals surface area (Å²) in [5, 5.41) is 7.46. The number of amides is 1. The van der Waals surface area contributed by atoms with E-state index >= 15 is 0 Å². The lowest BCUT2D eigenvalue weighted by Gasteiger charge is -2.01. The van der Waals surface area contributed by atoms with Gasteiger partial charge in [0.25, 0.3) is 5.91 Å². The number of thiazole rings is 1. The largest absolute Gasteiger partial charge is 0.298 e. The Morgan fingerprint density at radius 2 is 2.00 bits per heavy atom. The van der Waals surface area contributed by atoms with Crippen molar-refractivity contribution < 1.29 is 4.79 Å². The maximum absolute atomic E-state index is 12.3. The Morgan fingerprint density at radius 1 is 1.17 bits per heavy atom. The second kappa shape index (κ2) is 6.17. The smallest absolute Gasteiger partial charge is 0.260 e. The van der Waals surface area contributed by atoms with Crippen LogP contribution < -0.4 is 5.32 Å². The maximum atomic E-state index is 12.3. The molecule has 3 heterocycles. The number of carbonyl (C=O) groups excluding carboxylic acids is 1. The lowest BCUT2D eigenvalue weighted by Crippen LogP contribution is -2.10. The van der Waals surface area contributed by atoms with Gasteiger partial charge in [-0.3, -0.25) is 14.8 Å². The van der Waals surface area contributed by atoms with Crippen LogP contribution in [0.5, 0.6) is 0 Å². The zero-order valence-corrected chi connectivity index (χ0v) is 13.3. The first-order chi connectivity index (χ1) is 11.8. The van der Waals surface area contributed by atoms with E-state index in [4.69, 9.17) is 0 Å². The molecule has 1 N–H and O–H groups in total. The number of nitrogens with one attached hydrogen (secondary N) is 1. The highest BCUT2D eigenvalue weighted by molar-refractivity contribution is 7.21. The quantitative estimate of drug-likeness (QED) is 0.619. The van der Waals surface area contributed by atoms with Crippen molar-refractivity contribution in [3.8, 4) is 0 Å². The molecule has 4 rings (SSSR count). The van der Waals surface area contributed by atoms with Crippen LogP contribution in [0.2, 0.25) is 0 Å². The Morgan fingerprint density at radius 3 is 2.83 bits per heavy atom. The standard InChI is InChI=1S/C16H12N6OS/c23-14(21-16-20-13-15(24-16)18-7-6-17-13)12-8-19-22(10-12)9-11-4-2-1-3-5-11/h1-8,10H,9H2,(H,17,20,21,23). The summed E-state index contributed by atoms with van der Waals surface area (Å²) in [7, 11) is 0. The van der Waals surface area contributed by atoms with E-state index in [1.54, 1.807) is 29.5 Å². The van der Waals surface area contributed by atoms with Crippen LogP contribution in [0.15, 0.2) is 55.1 Å². The molecular formula is C16H12N6OS. The number of hydrogen-bond donors (Lipinski definition) is 1. The third-order valence-corrected chi connectivity index (χ3v) is 4.22. The molecule has 0 radical (unpaired) electrons. The molecule has 0 saturated carbocycles. The number of nitrogens with zero attached hydrogens (tertiary/aromatic N) is 5. The lowest BCUT2D eigenvalue weighted by molar-refractivity contribution is 0.102. The monoisotopic (exact) mass is 336 g/mol. The molecule has 0 aliphatic heterocycles. The van der Waals surface area contributed by atoms with E-state index < -0.39 is 0 Å². The van der Waals surface area contributed by atoms with Crippen molar-refractivity contribution in [1.29, 1.82) is 0 Å². The Bertz CT molecular complexity index is 961. The number of fused-ring (bicyclic) bond motifs is 1. The fourth-order valence-electron chi connectivity index (χ4n) is 2.24. The summed E-state index contributed by atoms with van der Waals surface area (Å²) in [5.74, 6) is -0.256. The number of hydrogen-bond acceptors (Lipinski definition) is 6. The second-order valence-electron chi connectivity index (χ2n) is 5.07. The van der Waals surface area contributed by atoms with E-state index in [1.807, 2.05) is 30.3 Å². The fourth-order valence-corrected chi connectivity index (χ4v) is 3.00. The van der Waals surface area contributed by atoms with Crippen molar-refractivity contribution >= 4 is 32.9 Å². The number of aromatic nitrogens is 5. The van der Waals surface area contributed by atoms with Crippen LogP contribution in [0.3, 0.4) is 0 Å². The number of anilines is 1. The molecule has 0 bridgehead atoms. The van der Waals surface area contributed by atoms with Gasteiger partial charge in [0.15, 0.2) is 15.6 Å². The van der Waals surface area contributed by atoms with Crippen molar-refractivity contribution in [2.75, 3.05) is 5.32 Å². The van der Waals surface area contributed by atoms with Crippen LogP contribution in [-0.4, -0.2) is 30.6 Å². The highest BCUT2D eigenvalue weighted by atomic mass is 32.1. The molecule has 1 amide bonds. The molecule has 24 heavy (non-hydrogen) atoms. The zero-order chi connectivity index (χ0) is 16.4. The van der Waals surface area contributed by atoms with E-state index in [1.165, 1.54) is 11.3 Å². The van der Waals surface area contributed by atoms with E-state index in [-0.39, 0.29) is 5.91 Å². The van der Waals surface area contributed by atoms with Gasteiger partial charge in [0.2, 0.25) is 0 Å². The van der Waals surface area contributed by atoms with Crippen LogP contribution in [0.25, 0.3) is 10.5 Å². The van der Waals surface area contributed by atoms with E-state index in [2.05, 4.69) is 25.4 Å². The summed E-state index contributed by atoms with van der Waals surface area (Å²) in [6, 6.07) is 9.95. The minimum atomic E-state index is -0.256. The molecule has 7 nitrogen and oxygen atoms in total. The van der Waals surface area contributed by atoms with Gasteiger partial charge < -0.3 is 0 Å². The molecule has 0 aliphatic carbocycles. The first kappa shape index (κ1) is 14.5. The molecule has 0 spiro atoms. The summed E-state index contributed by atoms with van der Waals surface area (Å²) >= 11 is 1.29. The molecule has 0 saturated heterocycles. The first-order valence-corrected chi connectivity index (χ1v) is 8.05. The summed E-state index contributed by atoms with van der Waals surface area (Å²) < 4.78 is 1.73. The number of carbonyl (C=O) groups is 1. The third-order valence-electron chi connectivity index (χ3n) is 3.35. The highest BCUT2D eigenvalue weighted by Gasteiger charge is 2.12. The van der Waals surface area contributed by atoms with Gasteiger partial charge >= 0.3 is 0 Å². The highest BCUT2D eigenvalue weighted by Crippen LogP contribution is 2.22. The lowest BCUT2D eigenvalue weighted by atomic mass is 10.2. The van der Waals surface area contributed by atoms with Crippen LogP contribution in [0.4, 0.5) is 5.13 Å². The van der Waals surface area contributed by atoms with Crippen molar-refractivity contribution in [3.05, 3.63) is 66.2 Å². The molecule has 4 aromatic rings. The van der Waals surface area contributed by atoms with Gasteiger partial charge in [-0.25, -0.2) is 9.97 Å². The molecule has 3 aromatic heterocycles. The third kappa shape index (κ3) is 2.99. The van der Waals surface area contributed by atoms with Crippen molar-refractivity contribution in [1.82, 2.24) is 24.7 Å². The minimum Gasteiger partial charge on any atom is -0.298 e. The van der Waals surface area contributed by atoms with Crippen LogP contribution in [0.1, 0.15) is 15.9 Å². The SMILES string of the molecule is O=C(Nc1nc2nccnc2s1)c1cnn(Cc2ccccc2)c1. The van der Waals surface area contributed by atoms with Crippen LogP contribution >= 0.6 is 11.3 Å². The Hall–Kier alpha value is -3.13. The van der Waals surface area contributed by atoms with E-state index in [0.29, 0.717) is 27.7 Å². The van der Waals surface area contributed by atoms with E-state index in [9.17, 15) is 4.79 Å². The molecule has 0 unspecified atom stereocenters. The molecular weight excluding hydrogens is 324 g/mol. The van der Waals surface area contributed by atoms with Crippen LogP contribution in [-0.2, 0) is 6.54 Å².